The summed E-state index contributed by atoms with van der Waals surface area (Å²) in [5, 5.41) is 0. The number of hydrogen-bond donors (Lipinski definition) is 0. The smallest absolute Gasteiger partial charge is 0 e. The fourth-order valence-corrected chi connectivity index (χ4v) is 0.697. The van der Waals surface area contributed by atoms with Crippen LogP contribution in [0, 0.1) is 18.8 Å². The molecule has 0 rings (SSSR count). The zero-order chi connectivity index (χ0) is 7.70. The van der Waals surface area contributed by atoms with Gasteiger partial charge < -0.3 is 0 Å². The highest BCUT2D eigenvalue weighted by Crippen LogP contribution is 2.07. The van der Waals surface area contributed by atoms with Crippen molar-refractivity contribution in [3.63, 3.8) is 0 Å². The van der Waals surface area contributed by atoms with Crippen LogP contribution in [0.25, 0.3) is 0 Å². The van der Waals surface area contributed by atoms with Crippen LogP contribution in [0.1, 0.15) is 41.5 Å². The van der Waals surface area contributed by atoms with Crippen molar-refractivity contribution >= 4 is 0 Å². The molecule has 0 aromatic rings. The monoisotopic (exact) mass is 128 g/mol. The first kappa shape index (κ1) is 11.4. The van der Waals surface area contributed by atoms with Gasteiger partial charge in [-0.15, -0.1) is 12.8 Å². The molecule has 1 atom stereocenters. The van der Waals surface area contributed by atoms with Gasteiger partial charge in [0.05, 0.1) is 0 Å². The van der Waals surface area contributed by atoms with E-state index in [-0.39, 0.29) is 1.43 Å². The van der Waals surface area contributed by atoms with Gasteiger partial charge in [0.25, 0.3) is 0 Å². The van der Waals surface area contributed by atoms with Crippen LogP contribution in [-0.4, -0.2) is 0 Å². The first-order valence-electron chi connectivity index (χ1n) is 3.64. The highest BCUT2D eigenvalue weighted by atomic mass is 14.0. The van der Waals surface area contributed by atoms with E-state index in [9.17, 15) is 0 Å². The van der Waals surface area contributed by atoms with Crippen LogP contribution < -0.4 is 0 Å². The van der Waals surface area contributed by atoms with Crippen LogP contribution in [0.4, 0.5) is 0 Å². The molecule has 0 saturated carbocycles. The Morgan fingerprint density at radius 2 is 1.78 bits per heavy atom. The summed E-state index contributed by atoms with van der Waals surface area (Å²) in [5.41, 5.74) is 0. The van der Waals surface area contributed by atoms with E-state index in [0.29, 0.717) is 0 Å². The molecule has 0 N–H and O–H groups in total. The molecule has 0 bridgehead atoms. The van der Waals surface area contributed by atoms with Crippen molar-refractivity contribution < 1.29 is 1.43 Å². The van der Waals surface area contributed by atoms with Crippen LogP contribution in [0.3, 0.4) is 0 Å². The molecule has 0 fully saturated rings. The van der Waals surface area contributed by atoms with E-state index in [0.717, 1.165) is 5.92 Å². The molecule has 0 aromatic carbocycles. The second-order valence-corrected chi connectivity index (χ2v) is 2.30. The lowest BCUT2D eigenvalue weighted by Gasteiger charge is -2.02. The topological polar surface area (TPSA) is 0 Å². The minimum absolute atomic E-state index is 0. The first-order chi connectivity index (χ1) is 4.31. The fraction of sp³-hybridized carbons (Fsp3) is 0.778. The van der Waals surface area contributed by atoms with Gasteiger partial charge in [-0.05, 0) is 5.92 Å². The van der Waals surface area contributed by atoms with E-state index in [4.69, 9.17) is 0 Å². The zero-order valence-electron chi connectivity index (χ0n) is 6.85. The van der Waals surface area contributed by atoms with Gasteiger partial charge in [-0.25, -0.2) is 0 Å². The van der Waals surface area contributed by atoms with E-state index < -0.39 is 0 Å². The van der Waals surface area contributed by atoms with Crippen LogP contribution in [0.2, 0.25) is 0 Å². The summed E-state index contributed by atoms with van der Waals surface area (Å²) in [4.78, 5) is 0. The Bertz CT molecular complexity index is 57.0. The number of rotatable bonds is 3. The molecule has 0 amide bonds. The molecule has 0 heteroatoms. The van der Waals surface area contributed by atoms with Crippen molar-refractivity contribution in [2.75, 3.05) is 0 Å². The summed E-state index contributed by atoms with van der Waals surface area (Å²) >= 11 is 0. The molecule has 0 aromatic heterocycles. The summed E-state index contributed by atoms with van der Waals surface area (Å²) in [7, 11) is 0. The normalized spacial score (nSPS) is 11.2. The Balaban J connectivity index is -0.000000149. The van der Waals surface area contributed by atoms with E-state index in [2.05, 4.69) is 33.6 Å². The Kier molecular flexibility index (Phi) is 13.3. The van der Waals surface area contributed by atoms with E-state index in [1.807, 2.05) is 0 Å². The van der Waals surface area contributed by atoms with E-state index >= 15 is 0 Å². The molecule has 0 spiro atoms. The number of hydrogen-bond acceptors (Lipinski definition) is 0. The van der Waals surface area contributed by atoms with Gasteiger partial charge in [-0.3, -0.25) is 0 Å². The van der Waals surface area contributed by atoms with Crippen molar-refractivity contribution in [2.45, 2.75) is 40.0 Å². The average molecular weight is 128 g/mol. The zero-order valence-corrected chi connectivity index (χ0v) is 6.85. The van der Waals surface area contributed by atoms with Crippen molar-refractivity contribution in [3.8, 4) is 12.8 Å². The van der Waals surface area contributed by atoms with Crippen molar-refractivity contribution in [3.05, 3.63) is 0 Å². The maximum Gasteiger partial charge on any atom is 0 e. The lowest BCUT2D eigenvalue weighted by molar-refractivity contribution is 0.509. The minimum Gasteiger partial charge on any atom is -0.124 e. The first-order valence-corrected chi connectivity index (χ1v) is 3.64. The summed E-state index contributed by atoms with van der Waals surface area (Å²) in [6, 6.07) is 0. The second-order valence-electron chi connectivity index (χ2n) is 2.30. The van der Waals surface area contributed by atoms with Gasteiger partial charge in [0.15, 0.2) is 0 Å². The average Bonchev–Trinajstić information content (AvgIpc) is 1.93. The minimum atomic E-state index is 0. The Morgan fingerprint density at radius 3 is 1.89 bits per heavy atom. The maximum atomic E-state index is 4.00. The largest absolute Gasteiger partial charge is 0.124 e. The molecule has 0 aliphatic heterocycles. The van der Waals surface area contributed by atoms with Crippen LogP contribution in [-0.2, 0) is 0 Å². The van der Waals surface area contributed by atoms with E-state index in [1.54, 1.807) is 0 Å². The molecule has 0 heterocycles. The summed E-state index contributed by atoms with van der Waals surface area (Å²) in [6.07, 6.45) is 12.1. The van der Waals surface area contributed by atoms with Crippen LogP contribution in [0.5, 0.6) is 0 Å². The number of terminal acetylenes is 1. The predicted octanol–water partition coefficient (Wildman–Crippen LogP) is 3.33. The molecule has 0 aliphatic rings. The maximum absolute atomic E-state index is 4.00. The third-order valence-electron chi connectivity index (χ3n) is 1.48. The quantitative estimate of drug-likeness (QED) is 0.511. The summed E-state index contributed by atoms with van der Waals surface area (Å²) in [6.45, 7) is 6.80. The van der Waals surface area contributed by atoms with Gasteiger partial charge in [0.1, 0.15) is 0 Å². The van der Waals surface area contributed by atoms with Crippen molar-refractivity contribution in [2.24, 2.45) is 5.92 Å². The van der Waals surface area contributed by atoms with Gasteiger partial charge >= 0.3 is 0 Å². The molecule has 0 nitrogen and oxygen atoms in total. The Hall–Kier alpha value is -0.440. The highest BCUT2D eigenvalue weighted by molar-refractivity contribution is 4.47. The van der Waals surface area contributed by atoms with Gasteiger partial charge in [0.2, 0.25) is 0 Å². The lowest BCUT2D eigenvalue weighted by Crippen LogP contribution is -1.88. The third kappa shape index (κ3) is 11.2. The van der Waals surface area contributed by atoms with Gasteiger partial charge in [0, 0.05) is 1.43 Å². The summed E-state index contributed by atoms with van der Waals surface area (Å²) < 4.78 is 0. The Labute approximate surface area is 61.1 Å². The highest BCUT2D eigenvalue weighted by Gasteiger charge is 1.92. The van der Waals surface area contributed by atoms with Gasteiger partial charge in [-0.2, -0.15) is 0 Å². The summed E-state index contributed by atoms with van der Waals surface area (Å²) in [5.74, 6) is 0.949. The van der Waals surface area contributed by atoms with E-state index in [1.165, 1.54) is 19.3 Å². The van der Waals surface area contributed by atoms with Crippen molar-refractivity contribution in [1.29, 1.82) is 0 Å². The molecule has 9 heavy (non-hydrogen) atoms. The van der Waals surface area contributed by atoms with Crippen LogP contribution >= 0.6 is 0 Å². The fourth-order valence-electron chi connectivity index (χ4n) is 0.697. The predicted molar refractivity (Wildman–Crippen MR) is 46.4 cm³/mol. The molecule has 56 valence electrons. The van der Waals surface area contributed by atoms with Crippen LogP contribution in [0.15, 0.2) is 0 Å². The standard InChI is InChI=1S/C7H16.C2H2.H2/c1-4-6-7(3)5-2;1-2;/h7H,4-6H2,1-3H3;1-2H;1H. The molecule has 1 unspecified atom stereocenters. The van der Waals surface area contributed by atoms with Crippen molar-refractivity contribution in [1.82, 2.24) is 0 Å². The molecule has 0 saturated heterocycles. The Morgan fingerprint density at radius 1 is 1.33 bits per heavy atom. The lowest BCUT2D eigenvalue weighted by atomic mass is 10.0. The third-order valence-corrected chi connectivity index (χ3v) is 1.48. The molecular weight excluding hydrogens is 108 g/mol. The second kappa shape index (κ2) is 10.5. The molecular formula is C9H20. The SMILES string of the molecule is C#C.CCCC(C)CC.[HH]. The van der Waals surface area contributed by atoms with Gasteiger partial charge in [-0.1, -0.05) is 40.0 Å². The molecule has 0 aliphatic carbocycles. The molecule has 0 radical (unpaired) electrons.